The molecule has 0 radical (unpaired) electrons. The van der Waals surface area contributed by atoms with Gasteiger partial charge in [0.25, 0.3) is 0 Å². The third kappa shape index (κ3) is 6.21. The minimum atomic E-state index is -3.60. The number of nitrogens with zero attached hydrogens (tertiary/aromatic N) is 3. The number of carbonyl (C=O) groups excluding carboxylic acids is 1. The maximum Gasteiger partial charge on any atom is 0.242 e. The van der Waals surface area contributed by atoms with E-state index >= 15 is 0 Å². The number of ether oxygens (including phenoxy) is 1. The number of carbonyl (C=O) groups is 1. The summed E-state index contributed by atoms with van der Waals surface area (Å²) in [5.41, 5.74) is 1.90. The summed E-state index contributed by atoms with van der Waals surface area (Å²) in [6, 6.07) is 14.1. The molecule has 0 bridgehead atoms. The number of hydrogen-bond acceptors (Lipinski definition) is 6. The Balaban J connectivity index is 1.45. The number of piperazine rings is 1. The molecule has 1 aliphatic heterocycles. The predicted octanol–water partition coefficient (Wildman–Crippen LogP) is 2.49. The zero-order chi connectivity index (χ0) is 23.1. The maximum absolute atomic E-state index is 12.7. The van der Waals surface area contributed by atoms with Gasteiger partial charge in [-0.15, -0.1) is 0 Å². The van der Waals surface area contributed by atoms with Gasteiger partial charge in [0.2, 0.25) is 15.9 Å². The van der Waals surface area contributed by atoms with E-state index in [-0.39, 0.29) is 23.8 Å². The molecule has 174 valence electrons. The highest BCUT2D eigenvalue weighted by Crippen LogP contribution is 2.20. The van der Waals surface area contributed by atoms with E-state index in [1.165, 1.54) is 30.6 Å². The highest BCUT2D eigenvalue weighted by atomic mass is 32.2. The number of amides is 1. The minimum Gasteiger partial charge on any atom is -0.497 e. The Bertz CT molecular complexity index is 986. The quantitative estimate of drug-likeness (QED) is 0.619. The van der Waals surface area contributed by atoms with Crippen molar-refractivity contribution in [3.05, 3.63) is 48.5 Å². The number of hydrogen-bond donors (Lipinski definition) is 1. The van der Waals surface area contributed by atoms with Crippen molar-refractivity contribution < 1.29 is 17.9 Å². The molecule has 3 rings (SSSR count). The average molecular weight is 461 g/mol. The number of sulfonamides is 1. The van der Waals surface area contributed by atoms with Crippen LogP contribution < -0.4 is 15.0 Å². The van der Waals surface area contributed by atoms with E-state index in [0.717, 1.165) is 37.6 Å². The fourth-order valence-corrected chi connectivity index (χ4v) is 4.76. The van der Waals surface area contributed by atoms with Crippen molar-refractivity contribution in [1.29, 1.82) is 0 Å². The summed E-state index contributed by atoms with van der Waals surface area (Å²) in [4.78, 5) is 17.1. The van der Waals surface area contributed by atoms with Gasteiger partial charge < -0.3 is 19.9 Å². The second kappa shape index (κ2) is 10.8. The van der Waals surface area contributed by atoms with Gasteiger partial charge in [-0.2, -0.15) is 0 Å². The Hall–Kier alpha value is -2.62. The fraction of sp³-hybridized carbons (Fsp3) is 0.435. The molecule has 1 amide bonds. The lowest BCUT2D eigenvalue weighted by molar-refractivity contribution is -0.116. The Kier molecular flexibility index (Phi) is 8.11. The summed E-state index contributed by atoms with van der Waals surface area (Å²) in [6.45, 7) is 4.33. The summed E-state index contributed by atoms with van der Waals surface area (Å²) in [6.07, 6.45) is 0.666. The van der Waals surface area contributed by atoms with Crippen molar-refractivity contribution >= 4 is 27.3 Å². The molecule has 0 aromatic heterocycles. The molecule has 2 aromatic rings. The molecule has 0 unspecified atom stereocenters. The van der Waals surface area contributed by atoms with Gasteiger partial charge in [-0.3, -0.25) is 4.79 Å². The van der Waals surface area contributed by atoms with Crippen LogP contribution in [0.25, 0.3) is 0 Å². The molecule has 9 heteroatoms. The number of methoxy groups -OCH3 is 1. The highest BCUT2D eigenvalue weighted by Gasteiger charge is 2.20. The molecule has 1 heterocycles. The van der Waals surface area contributed by atoms with Crippen LogP contribution in [0.4, 0.5) is 11.4 Å². The summed E-state index contributed by atoms with van der Waals surface area (Å²) < 4.78 is 31.7. The molecule has 0 saturated carbocycles. The Labute approximate surface area is 190 Å². The molecule has 0 aliphatic carbocycles. The zero-order valence-electron chi connectivity index (χ0n) is 19.0. The van der Waals surface area contributed by atoms with Gasteiger partial charge >= 0.3 is 0 Å². The fourth-order valence-electron chi connectivity index (χ4n) is 3.55. The number of anilines is 2. The van der Waals surface area contributed by atoms with Gasteiger partial charge in [0.15, 0.2) is 0 Å². The Morgan fingerprint density at radius 3 is 2.25 bits per heavy atom. The first-order valence-electron chi connectivity index (χ1n) is 10.7. The van der Waals surface area contributed by atoms with E-state index in [1.54, 1.807) is 12.1 Å². The summed E-state index contributed by atoms with van der Waals surface area (Å²) in [5, 5.41) is 2.89. The van der Waals surface area contributed by atoms with Crippen molar-refractivity contribution in [2.24, 2.45) is 0 Å². The van der Waals surface area contributed by atoms with E-state index in [0.29, 0.717) is 12.2 Å². The smallest absolute Gasteiger partial charge is 0.242 e. The predicted molar refractivity (Wildman–Crippen MR) is 127 cm³/mol. The third-order valence-corrected chi connectivity index (χ3v) is 7.54. The summed E-state index contributed by atoms with van der Waals surface area (Å²) >= 11 is 0. The van der Waals surface area contributed by atoms with Crippen LogP contribution in [0, 0.1) is 0 Å². The first-order valence-corrected chi connectivity index (χ1v) is 12.2. The maximum atomic E-state index is 12.7. The molecule has 1 aliphatic rings. The lowest BCUT2D eigenvalue weighted by Gasteiger charge is -2.34. The standard InChI is InChI=1S/C23H32N4O4S/c1-25-15-17-27(18-16-25)20-8-6-19(7-9-20)24-23(28)5-4-14-26(2)32(29,30)22-12-10-21(31-3)11-13-22/h6-13H,4-5,14-18H2,1-3H3,(H,24,28). The summed E-state index contributed by atoms with van der Waals surface area (Å²) in [5.74, 6) is 0.465. The minimum absolute atomic E-state index is 0.132. The van der Waals surface area contributed by atoms with Crippen LogP contribution in [0.2, 0.25) is 0 Å². The number of likely N-dealkylation sites (N-methyl/N-ethyl adjacent to an activating group) is 1. The van der Waals surface area contributed by atoms with Crippen LogP contribution in [0.3, 0.4) is 0 Å². The average Bonchev–Trinajstić information content (AvgIpc) is 2.80. The molecule has 8 nitrogen and oxygen atoms in total. The molecule has 1 saturated heterocycles. The molecule has 0 spiro atoms. The van der Waals surface area contributed by atoms with E-state index < -0.39 is 10.0 Å². The molecular weight excluding hydrogens is 428 g/mol. The topological polar surface area (TPSA) is 82.2 Å². The monoisotopic (exact) mass is 460 g/mol. The SMILES string of the molecule is COc1ccc(S(=O)(=O)N(C)CCCC(=O)Nc2ccc(N3CCN(C)CC3)cc2)cc1. The Morgan fingerprint density at radius 2 is 1.66 bits per heavy atom. The molecule has 1 N–H and O–H groups in total. The number of benzene rings is 2. The van der Waals surface area contributed by atoms with Gasteiger partial charge in [0.1, 0.15) is 5.75 Å². The van der Waals surface area contributed by atoms with Crippen LogP contribution >= 0.6 is 0 Å². The van der Waals surface area contributed by atoms with Crippen molar-refractivity contribution in [3.8, 4) is 5.75 Å². The second-order valence-electron chi connectivity index (χ2n) is 7.99. The van der Waals surface area contributed by atoms with Crippen LogP contribution in [0.1, 0.15) is 12.8 Å². The molecule has 32 heavy (non-hydrogen) atoms. The lowest BCUT2D eigenvalue weighted by atomic mass is 10.2. The zero-order valence-corrected chi connectivity index (χ0v) is 19.8. The first-order chi connectivity index (χ1) is 15.3. The van der Waals surface area contributed by atoms with Gasteiger partial charge in [0.05, 0.1) is 12.0 Å². The normalized spacial score (nSPS) is 15.1. The molecule has 0 atom stereocenters. The second-order valence-corrected chi connectivity index (χ2v) is 10.0. The van der Waals surface area contributed by atoms with Crippen molar-refractivity contribution in [1.82, 2.24) is 9.21 Å². The van der Waals surface area contributed by atoms with E-state index in [1.807, 2.05) is 24.3 Å². The van der Waals surface area contributed by atoms with Crippen LogP contribution in [0.15, 0.2) is 53.4 Å². The summed E-state index contributed by atoms with van der Waals surface area (Å²) in [7, 11) is 1.58. The number of rotatable bonds is 9. The van der Waals surface area contributed by atoms with Gasteiger partial charge in [-0.25, -0.2) is 12.7 Å². The Morgan fingerprint density at radius 1 is 1.03 bits per heavy atom. The van der Waals surface area contributed by atoms with Gasteiger partial charge in [0, 0.05) is 57.6 Å². The molecular formula is C23H32N4O4S. The van der Waals surface area contributed by atoms with Gasteiger partial charge in [-0.1, -0.05) is 0 Å². The first kappa shape index (κ1) is 24.0. The lowest BCUT2D eigenvalue weighted by Crippen LogP contribution is -2.44. The van der Waals surface area contributed by atoms with E-state index in [2.05, 4.69) is 22.2 Å². The van der Waals surface area contributed by atoms with Crippen LogP contribution in [-0.4, -0.2) is 77.5 Å². The van der Waals surface area contributed by atoms with Crippen molar-refractivity contribution in [3.63, 3.8) is 0 Å². The van der Waals surface area contributed by atoms with Crippen molar-refractivity contribution in [2.75, 3.05) is 64.1 Å². The molecule has 1 fully saturated rings. The van der Waals surface area contributed by atoms with Crippen LogP contribution in [-0.2, 0) is 14.8 Å². The largest absolute Gasteiger partial charge is 0.497 e. The van der Waals surface area contributed by atoms with Gasteiger partial charge in [-0.05, 0) is 62.0 Å². The third-order valence-electron chi connectivity index (χ3n) is 5.66. The van der Waals surface area contributed by atoms with E-state index in [4.69, 9.17) is 4.74 Å². The van der Waals surface area contributed by atoms with Crippen molar-refractivity contribution in [2.45, 2.75) is 17.7 Å². The molecule has 2 aromatic carbocycles. The van der Waals surface area contributed by atoms with E-state index in [9.17, 15) is 13.2 Å². The number of nitrogens with one attached hydrogen (secondary N) is 1. The highest BCUT2D eigenvalue weighted by molar-refractivity contribution is 7.89. The van der Waals surface area contributed by atoms with Crippen LogP contribution in [0.5, 0.6) is 5.75 Å².